The molecule has 0 bridgehead atoms. The molecule has 2 heterocycles. The van der Waals surface area contributed by atoms with Gasteiger partial charge in [0.05, 0.1) is 6.54 Å². The van der Waals surface area contributed by atoms with Crippen LogP contribution in [0.2, 0.25) is 0 Å². The molecule has 2 aromatic heterocycles. The van der Waals surface area contributed by atoms with Crippen LogP contribution in [0.5, 0.6) is 0 Å². The molecule has 0 atom stereocenters. The minimum absolute atomic E-state index is 0.122. The molecular weight excluding hydrogens is 332 g/mol. The fourth-order valence-corrected chi connectivity index (χ4v) is 3.67. The topological polar surface area (TPSA) is 59.0 Å². The van der Waals surface area contributed by atoms with Gasteiger partial charge >= 0.3 is 0 Å². The van der Waals surface area contributed by atoms with Gasteiger partial charge < -0.3 is 0 Å². The Labute approximate surface area is 150 Å². The Morgan fingerprint density at radius 1 is 1.08 bits per heavy atom. The second-order valence-electron chi connectivity index (χ2n) is 6.16. The lowest BCUT2D eigenvalue weighted by atomic mass is 9.84. The van der Waals surface area contributed by atoms with Gasteiger partial charge in [0.1, 0.15) is 5.01 Å². The predicted octanol–water partition coefficient (Wildman–Crippen LogP) is 3.93. The van der Waals surface area contributed by atoms with E-state index < -0.39 is 0 Å². The van der Waals surface area contributed by atoms with Gasteiger partial charge in [0.2, 0.25) is 11.0 Å². The van der Waals surface area contributed by atoms with E-state index in [2.05, 4.69) is 15.2 Å². The van der Waals surface area contributed by atoms with E-state index >= 15 is 0 Å². The van der Waals surface area contributed by atoms with Crippen LogP contribution in [-0.2, 0) is 11.3 Å². The van der Waals surface area contributed by atoms with Crippen LogP contribution in [0.3, 0.4) is 0 Å². The number of benzene rings is 1. The quantitative estimate of drug-likeness (QED) is 0.699. The molecule has 0 N–H and O–H groups in total. The van der Waals surface area contributed by atoms with Crippen LogP contribution in [0.15, 0.2) is 54.9 Å². The molecule has 5 nitrogen and oxygen atoms in total. The summed E-state index contributed by atoms with van der Waals surface area (Å²) in [4.78, 5) is 18.8. The van der Waals surface area contributed by atoms with Crippen molar-refractivity contribution in [2.24, 2.45) is 5.92 Å². The standard InChI is InChI=1S/C19H18N4OS/c24-18(16-7-4-8-16)23(13-14-5-2-1-3-6-14)19-22-21-17(25-19)15-9-11-20-12-10-15/h1-3,5-6,9-12,16H,4,7-8,13H2. The van der Waals surface area contributed by atoms with Gasteiger partial charge in [-0.1, -0.05) is 48.1 Å². The molecule has 25 heavy (non-hydrogen) atoms. The normalized spacial score (nSPS) is 14.1. The summed E-state index contributed by atoms with van der Waals surface area (Å²) in [5.74, 6) is 0.282. The smallest absolute Gasteiger partial charge is 0.232 e. The Balaban J connectivity index is 1.63. The number of aromatic nitrogens is 3. The number of rotatable bonds is 5. The Morgan fingerprint density at radius 2 is 1.84 bits per heavy atom. The molecule has 4 rings (SSSR count). The zero-order valence-corrected chi connectivity index (χ0v) is 14.5. The first-order chi connectivity index (χ1) is 12.3. The highest BCUT2D eigenvalue weighted by Crippen LogP contribution is 2.34. The van der Waals surface area contributed by atoms with E-state index in [9.17, 15) is 4.79 Å². The molecule has 0 spiro atoms. The van der Waals surface area contributed by atoms with Crippen molar-refractivity contribution in [2.75, 3.05) is 4.90 Å². The summed E-state index contributed by atoms with van der Waals surface area (Å²) in [5.41, 5.74) is 2.06. The van der Waals surface area contributed by atoms with Crippen LogP contribution in [0.4, 0.5) is 5.13 Å². The van der Waals surface area contributed by atoms with Crippen molar-refractivity contribution in [2.45, 2.75) is 25.8 Å². The average molecular weight is 350 g/mol. The van der Waals surface area contributed by atoms with Gasteiger partial charge in [0.25, 0.3) is 0 Å². The van der Waals surface area contributed by atoms with E-state index in [-0.39, 0.29) is 11.8 Å². The molecule has 0 aliphatic heterocycles. The number of anilines is 1. The maximum Gasteiger partial charge on any atom is 0.232 e. The van der Waals surface area contributed by atoms with Gasteiger partial charge in [-0.2, -0.15) is 0 Å². The molecule has 1 amide bonds. The zero-order valence-electron chi connectivity index (χ0n) is 13.7. The lowest BCUT2D eigenvalue weighted by Crippen LogP contribution is -2.38. The van der Waals surface area contributed by atoms with Gasteiger partial charge in [-0.25, -0.2) is 0 Å². The maximum atomic E-state index is 12.9. The van der Waals surface area contributed by atoms with Crippen LogP contribution in [0.1, 0.15) is 24.8 Å². The van der Waals surface area contributed by atoms with E-state index in [1.807, 2.05) is 42.5 Å². The monoisotopic (exact) mass is 350 g/mol. The van der Waals surface area contributed by atoms with Crippen molar-refractivity contribution >= 4 is 22.4 Å². The van der Waals surface area contributed by atoms with Crippen molar-refractivity contribution in [3.63, 3.8) is 0 Å². The summed E-state index contributed by atoms with van der Waals surface area (Å²) < 4.78 is 0. The first kappa shape index (κ1) is 15.9. The lowest BCUT2D eigenvalue weighted by Gasteiger charge is -2.30. The van der Waals surface area contributed by atoms with E-state index in [4.69, 9.17) is 0 Å². The number of pyridine rings is 1. The van der Waals surface area contributed by atoms with E-state index in [0.717, 1.165) is 35.4 Å². The van der Waals surface area contributed by atoms with Crippen LogP contribution < -0.4 is 4.90 Å². The summed E-state index contributed by atoms with van der Waals surface area (Å²) in [5, 5.41) is 10.0. The van der Waals surface area contributed by atoms with E-state index in [1.165, 1.54) is 11.3 Å². The highest BCUT2D eigenvalue weighted by atomic mass is 32.1. The molecule has 0 radical (unpaired) electrons. The van der Waals surface area contributed by atoms with Crippen molar-refractivity contribution in [3.05, 3.63) is 60.4 Å². The minimum atomic E-state index is 0.122. The second-order valence-corrected chi connectivity index (χ2v) is 7.12. The molecule has 3 aromatic rings. The van der Waals surface area contributed by atoms with Gasteiger partial charge in [0, 0.05) is 23.9 Å². The van der Waals surface area contributed by atoms with Gasteiger partial charge in [0.15, 0.2) is 0 Å². The fourth-order valence-electron chi connectivity index (χ4n) is 2.82. The molecule has 1 saturated carbocycles. The third kappa shape index (κ3) is 3.44. The van der Waals surface area contributed by atoms with Gasteiger partial charge in [-0.05, 0) is 30.5 Å². The third-order valence-electron chi connectivity index (χ3n) is 4.48. The summed E-state index contributed by atoms with van der Waals surface area (Å²) >= 11 is 1.45. The highest BCUT2D eigenvalue weighted by Gasteiger charge is 2.32. The summed E-state index contributed by atoms with van der Waals surface area (Å²) in [6, 6.07) is 13.8. The van der Waals surface area contributed by atoms with Crippen molar-refractivity contribution in [3.8, 4) is 10.6 Å². The van der Waals surface area contributed by atoms with E-state index in [1.54, 1.807) is 17.3 Å². The summed E-state index contributed by atoms with van der Waals surface area (Å²) in [7, 11) is 0. The SMILES string of the molecule is O=C(C1CCC1)N(Cc1ccccc1)c1nnc(-c2ccncc2)s1. The van der Waals surface area contributed by atoms with Crippen molar-refractivity contribution in [1.82, 2.24) is 15.2 Å². The van der Waals surface area contributed by atoms with Crippen molar-refractivity contribution in [1.29, 1.82) is 0 Å². The zero-order chi connectivity index (χ0) is 17.1. The second kappa shape index (κ2) is 7.11. The van der Waals surface area contributed by atoms with Crippen molar-refractivity contribution < 1.29 is 4.79 Å². The van der Waals surface area contributed by atoms with Gasteiger partial charge in [-0.15, -0.1) is 10.2 Å². The molecule has 6 heteroatoms. The molecule has 0 unspecified atom stereocenters. The number of carbonyl (C=O) groups is 1. The number of amides is 1. The largest absolute Gasteiger partial charge is 0.282 e. The van der Waals surface area contributed by atoms with Crippen LogP contribution in [0, 0.1) is 5.92 Å². The van der Waals surface area contributed by atoms with Crippen LogP contribution in [0.25, 0.3) is 10.6 Å². The lowest BCUT2D eigenvalue weighted by molar-refractivity contribution is -0.124. The Bertz CT molecular complexity index is 846. The number of nitrogens with zero attached hydrogens (tertiary/aromatic N) is 4. The predicted molar refractivity (Wildman–Crippen MR) is 98.1 cm³/mol. The minimum Gasteiger partial charge on any atom is -0.282 e. The van der Waals surface area contributed by atoms with Gasteiger partial charge in [-0.3, -0.25) is 14.7 Å². The molecule has 1 aliphatic rings. The average Bonchev–Trinajstić information content (AvgIpc) is 3.09. The first-order valence-corrected chi connectivity index (χ1v) is 9.22. The summed E-state index contributed by atoms with van der Waals surface area (Å²) in [6.45, 7) is 0.529. The Hall–Kier alpha value is -2.60. The molecule has 1 aromatic carbocycles. The molecule has 126 valence electrons. The first-order valence-electron chi connectivity index (χ1n) is 8.40. The highest BCUT2D eigenvalue weighted by molar-refractivity contribution is 7.18. The maximum absolute atomic E-state index is 12.9. The molecule has 1 fully saturated rings. The third-order valence-corrected chi connectivity index (χ3v) is 5.47. The number of hydrogen-bond donors (Lipinski definition) is 0. The fraction of sp³-hybridized carbons (Fsp3) is 0.263. The van der Waals surface area contributed by atoms with Crippen LogP contribution in [-0.4, -0.2) is 21.1 Å². The van der Waals surface area contributed by atoms with Crippen LogP contribution >= 0.6 is 11.3 Å². The summed E-state index contributed by atoms with van der Waals surface area (Å²) in [6.07, 6.45) is 6.55. The van der Waals surface area contributed by atoms with E-state index in [0.29, 0.717) is 11.7 Å². The number of carbonyl (C=O) groups excluding carboxylic acids is 1. The molecule has 0 saturated heterocycles. The number of hydrogen-bond acceptors (Lipinski definition) is 5. The Kier molecular flexibility index (Phi) is 4.52. The Morgan fingerprint density at radius 3 is 2.52 bits per heavy atom. The molecular formula is C19H18N4OS. The molecule has 1 aliphatic carbocycles.